The van der Waals surface area contributed by atoms with Gasteiger partial charge in [-0.05, 0) is 30.7 Å². The van der Waals surface area contributed by atoms with Crippen LogP contribution in [0.3, 0.4) is 0 Å². The van der Waals surface area contributed by atoms with Crippen LogP contribution in [-0.4, -0.2) is 20.7 Å². The van der Waals surface area contributed by atoms with Gasteiger partial charge < -0.3 is 4.84 Å². The second-order valence-corrected chi connectivity index (χ2v) is 4.83. The maximum atomic E-state index is 13.1. The second kappa shape index (κ2) is 5.38. The smallest absolute Gasteiger partial charge is 0.329 e. The lowest BCUT2D eigenvalue weighted by Gasteiger charge is -2.10. The number of nitrogens with zero attached hydrogens (tertiary/aromatic N) is 3. The van der Waals surface area contributed by atoms with Crippen molar-refractivity contribution in [3.8, 4) is 0 Å². The highest BCUT2D eigenvalue weighted by Crippen LogP contribution is 2.30. The molecule has 0 unspecified atom stereocenters. The quantitative estimate of drug-likeness (QED) is 0.728. The fourth-order valence-electron chi connectivity index (χ4n) is 2.02. The molecule has 0 spiro atoms. The average molecular weight is 321 g/mol. The highest BCUT2D eigenvalue weighted by molar-refractivity contribution is 5.90. The van der Waals surface area contributed by atoms with Crippen molar-refractivity contribution >= 4 is 17.1 Å². The third-order valence-electron chi connectivity index (χ3n) is 3.04. The number of imidazole rings is 1. The summed E-state index contributed by atoms with van der Waals surface area (Å²) in [4.78, 5) is 24.2. The number of rotatable bonds is 2. The Bertz CT molecular complexity index is 873. The first-order chi connectivity index (χ1) is 10.9. The summed E-state index contributed by atoms with van der Waals surface area (Å²) in [5.74, 6) is -2.26. The minimum absolute atomic E-state index is 0.0263. The number of aromatic nitrogens is 3. The summed E-state index contributed by atoms with van der Waals surface area (Å²) in [7, 11) is 0. The number of benzene rings is 1. The molecule has 8 heteroatoms. The first-order valence-corrected chi connectivity index (χ1v) is 6.56. The van der Waals surface area contributed by atoms with Gasteiger partial charge in [0.05, 0.1) is 5.56 Å². The van der Waals surface area contributed by atoms with E-state index < -0.39 is 18.0 Å². The molecule has 0 saturated carbocycles. The number of halogens is 3. The van der Waals surface area contributed by atoms with Gasteiger partial charge in [-0.1, -0.05) is 18.2 Å². The number of carbonyl (C=O) groups excluding carboxylic acids is 1. The SMILES string of the molecule is Cc1cnc2nc(C(F)(F)F)n(OC(=O)c3ccccc3)c2c1. The van der Waals surface area contributed by atoms with Crippen molar-refractivity contribution in [2.45, 2.75) is 13.1 Å². The number of aryl methyl sites for hydroxylation is 1. The molecule has 0 saturated heterocycles. The predicted octanol–water partition coefficient (Wildman–Crippen LogP) is 3.03. The van der Waals surface area contributed by atoms with Crippen molar-refractivity contribution in [3.05, 3.63) is 59.5 Å². The van der Waals surface area contributed by atoms with E-state index in [0.717, 1.165) is 0 Å². The monoisotopic (exact) mass is 321 g/mol. The molecule has 5 nitrogen and oxygen atoms in total. The first-order valence-electron chi connectivity index (χ1n) is 6.56. The van der Waals surface area contributed by atoms with Crippen LogP contribution in [0, 0.1) is 6.92 Å². The number of hydrogen-bond donors (Lipinski definition) is 0. The summed E-state index contributed by atoms with van der Waals surface area (Å²) in [5.41, 5.74) is 0.566. The van der Waals surface area contributed by atoms with Crippen molar-refractivity contribution in [1.29, 1.82) is 0 Å². The summed E-state index contributed by atoms with van der Waals surface area (Å²) in [6.45, 7) is 1.66. The van der Waals surface area contributed by atoms with E-state index in [0.29, 0.717) is 10.3 Å². The molecule has 0 atom stereocenters. The van der Waals surface area contributed by atoms with E-state index in [1.165, 1.54) is 24.4 Å². The summed E-state index contributed by atoms with van der Waals surface area (Å²) in [6, 6.07) is 9.15. The van der Waals surface area contributed by atoms with Crippen LogP contribution in [0.5, 0.6) is 0 Å². The number of carbonyl (C=O) groups is 1. The van der Waals surface area contributed by atoms with Crippen LogP contribution in [-0.2, 0) is 6.18 Å². The first kappa shape index (κ1) is 15.0. The van der Waals surface area contributed by atoms with Gasteiger partial charge in [0.15, 0.2) is 5.65 Å². The lowest BCUT2D eigenvalue weighted by atomic mass is 10.2. The van der Waals surface area contributed by atoms with Crippen LogP contribution < -0.4 is 4.84 Å². The van der Waals surface area contributed by atoms with Gasteiger partial charge in [0.2, 0.25) is 0 Å². The molecule has 1 aromatic carbocycles. The number of alkyl halides is 3. The highest BCUT2D eigenvalue weighted by atomic mass is 19.4. The van der Waals surface area contributed by atoms with Gasteiger partial charge in [-0.2, -0.15) is 13.2 Å². The van der Waals surface area contributed by atoms with Gasteiger partial charge in [0.1, 0.15) is 5.52 Å². The Morgan fingerprint density at radius 3 is 2.57 bits per heavy atom. The van der Waals surface area contributed by atoms with E-state index in [-0.39, 0.29) is 16.7 Å². The Kier molecular flexibility index (Phi) is 3.51. The molecule has 0 aliphatic carbocycles. The number of fused-ring (bicyclic) bond motifs is 1. The fourth-order valence-corrected chi connectivity index (χ4v) is 2.02. The molecular formula is C15H10F3N3O2. The van der Waals surface area contributed by atoms with Gasteiger partial charge in [-0.3, -0.25) is 0 Å². The Morgan fingerprint density at radius 2 is 1.91 bits per heavy atom. The zero-order valence-electron chi connectivity index (χ0n) is 11.8. The zero-order chi connectivity index (χ0) is 16.6. The van der Waals surface area contributed by atoms with Crippen LogP contribution in [0.25, 0.3) is 11.2 Å². The molecule has 0 amide bonds. The summed E-state index contributed by atoms with van der Waals surface area (Å²) < 4.78 is 39.8. The minimum Gasteiger partial charge on any atom is -0.329 e. The Balaban J connectivity index is 2.11. The van der Waals surface area contributed by atoms with Gasteiger partial charge in [-0.25, -0.2) is 14.8 Å². The Labute approximate surface area is 128 Å². The van der Waals surface area contributed by atoms with E-state index >= 15 is 0 Å². The molecule has 0 fully saturated rings. The van der Waals surface area contributed by atoms with Gasteiger partial charge >= 0.3 is 12.1 Å². The Hall–Kier alpha value is -2.90. The summed E-state index contributed by atoms with van der Waals surface area (Å²) >= 11 is 0. The lowest BCUT2D eigenvalue weighted by molar-refractivity contribution is -0.152. The molecular weight excluding hydrogens is 311 g/mol. The van der Waals surface area contributed by atoms with E-state index in [2.05, 4.69) is 9.97 Å². The molecule has 3 aromatic rings. The van der Waals surface area contributed by atoms with E-state index in [4.69, 9.17) is 4.84 Å². The molecule has 0 radical (unpaired) electrons. The average Bonchev–Trinajstić information content (AvgIpc) is 2.86. The maximum Gasteiger partial charge on any atom is 0.453 e. The zero-order valence-corrected chi connectivity index (χ0v) is 11.8. The van der Waals surface area contributed by atoms with Gasteiger partial charge in [0.25, 0.3) is 5.82 Å². The van der Waals surface area contributed by atoms with Crippen LogP contribution in [0.2, 0.25) is 0 Å². The van der Waals surface area contributed by atoms with Crippen molar-refractivity contribution in [3.63, 3.8) is 0 Å². The molecule has 0 aliphatic heterocycles. The molecule has 23 heavy (non-hydrogen) atoms. The maximum absolute atomic E-state index is 13.1. The van der Waals surface area contributed by atoms with Gasteiger partial charge in [-0.15, -0.1) is 4.73 Å². The molecule has 2 aromatic heterocycles. The van der Waals surface area contributed by atoms with Crippen molar-refractivity contribution in [2.24, 2.45) is 0 Å². The van der Waals surface area contributed by atoms with E-state index in [1.807, 2.05) is 0 Å². The van der Waals surface area contributed by atoms with Crippen molar-refractivity contribution < 1.29 is 22.8 Å². The predicted molar refractivity (Wildman–Crippen MR) is 74.6 cm³/mol. The third kappa shape index (κ3) is 2.87. The molecule has 3 rings (SSSR count). The standard InChI is InChI=1S/C15H10F3N3O2/c1-9-7-11-12(19-8-9)20-14(15(16,17)18)21(11)23-13(22)10-5-3-2-4-6-10/h2-8H,1H3. The minimum atomic E-state index is -4.79. The number of pyridine rings is 1. The van der Waals surface area contributed by atoms with Crippen LogP contribution in [0.1, 0.15) is 21.7 Å². The molecule has 0 N–H and O–H groups in total. The molecule has 0 aliphatic rings. The third-order valence-corrected chi connectivity index (χ3v) is 3.04. The van der Waals surface area contributed by atoms with Crippen molar-refractivity contribution in [1.82, 2.24) is 14.7 Å². The Morgan fingerprint density at radius 1 is 1.22 bits per heavy atom. The topological polar surface area (TPSA) is 57.0 Å². The normalized spacial score (nSPS) is 11.7. The molecule has 2 heterocycles. The summed E-state index contributed by atoms with van der Waals surface area (Å²) in [6.07, 6.45) is -3.40. The highest BCUT2D eigenvalue weighted by Gasteiger charge is 2.39. The molecule has 0 bridgehead atoms. The fraction of sp³-hybridized carbons (Fsp3) is 0.133. The van der Waals surface area contributed by atoms with Crippen LogP contribution >= 0.6 is 0 Å². The van der Waals surface area contributed by atoms with E-state index in [9.17, 15) is 18.0 Å². The second-order valence-electron chi connectivity index (χ2n) is 4.83. The number of hydrogen-bond acceptors (Lipinski definition) is 4. The van der Waals surface area contributed by atoms with Gasteiger partial charge in [0, 0.05) is 6.20 Å². The van der Waals surface area contributed by atoms with Crippen LogP contribution in [0.15, 0.2) is 42.6 Å². The van der Waals surface area contributed by atoms with Crippen molar-refractivity contribution in [2.75, 3.05) is 0 Å². The largest absolute Gasteiger partial charge is 0.453 e. The van der Waals surface area contributed by atoms with E-state index in [1.54, 1.807) is 25.1 Å². The molecule has 118 valence electrons. The van der Waals surface area contributed by atoms with Crippen LogP contribution in [0.4, 0.5) is 13.2 Å². The summed E-state index contributed by atoms with van der Waals surface area (Å²) in [5, 5.41) is 0. The lowest BCUT2D eigenvalue weighted by Crippen LogP contribution is -2.25.